The summed E-state index contributed by atoms with van der Waals surface area (Å²) in [6.07, 6.45) is 16.3. The van der Waals surface area contributed by atoms with Crippen LogP contribution in [0.5, 0.6) is 11.5 Å². The van der Waals surface area contributed by atoms with E-state index in [1.807, 2.05) is 72.4 Å². The minimum absolute atomic E-state index is 0.0798. The first-order valence-electron chi connectivity index (χ1n) is 16.6. The molecule has 0 radical (unpaired) electrons. The highest BCUT2D eigenvalue weighted by Crippen LogP contribution is 2.48. The van der Waals surface area contributed by atoms with Gasteiger partial charge < -0.3 is 18.8 Å². The van der Waals surface area contributed by atoms with Crippen molar-refractivity contribution in [1.82, 2.24) is 0 Å². The van der Waals surface area contributed by atoms with Crippen LogP contribution in [0.3, 0.4) is 0 Å². The van der Waals surface area contributed by atoms with E-state index < -0.39 is 0 Å². The lowest BCUT2D eigenvalue weighted by molar-refractivity contribution is 0.128. The summed E-state index contributed by atoms with van der Waals surface area (Å²) in [7, 11) is 0. The molecular formula is C34H48B2O4S. The number of rotatable bonds is 14. The highest BCUT2D eigenvalue weighted by Gasteiger charge is 2.43. The van der Waals surface area contributed by atoms with Crippen molar-refractivity contribution < 1.29 is 18.8 Å². The van der Waals surface area contributed by atoms with Gasteiger partial charge in [0.2, 0.25) is 0 Å². The predicted molar refractivity (Wildman–Crippen MR) is 173 cm³/mol. The SMILES string of the molecule is c1ccc(OCC(CSCC(COc2ccccc2)OB2C3CCCC2CCC3)OB2C3CCCC2CCC3)cc1. The van der Waals surface area contributed by atoms with Gasteiger partial charge in [0.15, 0.2) is 0 Å². The lowest BCUT2D eigenvalue weighted by atomic mass is 9.38. The van der Waals surface area contributed by atoms with Crippen LogP contribution < -0.4 is 9.47 Å². The number of para-hydroxylation sites is 2. The molecule has 2 aromatic rings. The van der Waals surface area contributed by atoms with Gasteiger partial charge in [-0.2, -0.15) is 11.8 Å². The Hall–Kier alpha value is -1.56. The van der Waals surface area contributed by atoms with E-state index in [9.17, 15) is 0 Å². The molecule has 0 aromatic heterocycles. The number of hydrogen-bond acceptors (Lipinski definition) is 5. The Morgan fingerprint density at radius 2 is 0.878 bits per heavy atom. The van der Waals surface area contributed by atoms with E-state index in [-0.39, 0.29) is 12.2 Å². The Balaban J connectivity index is 1.09. The largest absolute Gasteiger partial charge is 0.491 e. The van der Waals surface area contributed by atoms with E-state index in [0.717, 1.165) is 46.3 Å². The molecule has 7 heteroatoms. The third-order valence-electron chi connectivity index (χ3n) is 10.1. The van der Waals surface area contributed by atoms with Crippen LogP contribution in [0.15, 0.2) is 60.7 Å². The molecule has 4 aliphatic heterocycles. The van der Waals surface area contributed by atoms with Crippen molar-refractivity contribution >= 4 is 25.6 Å². The molecule has 0 saturated carbocycles. The Kier molecular flexibility index (Phi) is 11.0. The van der Waals surface area contributed by atoms with Gasteiger partial charge in [0.1, 0.15) is 24.7 Å². The Bertz CT molecular complexity index is 904. The second-order valence-corrected chi connectivity index (χ2v) is 14.1. The van der Waals surface area contributed by atoms with E-state index >= 15 is 0 Å². The third kappa shape index (κ3) is 8.30. The quantitative estimate of drug-likeness (QED) is 0.211. The van der Waals surface area contributed by atoms with Gasteiger partial charge in [-0.3, -0.25) is 0 Å². The summed E-state index contributed by atoms with van der Waals surface area (Å²) in [5.41, 5.74) is 0. The zero-order valence-electron chi connectivity index (χ0n) is 24.7. The highest BCUT2D eigenvalue weighted by molar-refractivity contribution is 7.99. The molecule has 4 heterocycles. The number of hydrogen-bond donors (Lipinski definition) is 0. The zero-order chi connectivity index (χ0) is 27.7. The number of benzene rings is 2. The summed E-state index contributed by atoms with van der Waals surface area (Å²) in [6.45, 7) is 2.01. The minimum Gasteiger partial charge on any atom is -0.491 e. The van der Waals surface area contributed by atoms with Gasteiger partial charge in [-0.25, -0.2) is 0 Å². The highest BCUT2D eigenvalue weighted by atomic mass is 32.2. The van der Waals surface area contributed by atoms with Gasteiger partial charge >= 0.3 is 0 Å². The lowest BCUT2D eigenvalue weighted by Gasteiger charge is -2.41. The fourth-order valence-electron chi connectivity index (χ4n) is 8.12. The van der Waals surface area contributed by atoms with E-state index in [4.69, 9.17) is 18.8 Å². The average Bonchev–Trinajstić information content (AvgIpc) is 2.99. The van der Waals surface area contributed by atoms with Gasteiger partial charge in [-0.15, -0.1) is 0 Å². The Morgan fingerprint density at radius 1 is 0.537 bits per heavy atom. The van der Waals surface area contributed by atoms with Gasteiger partial charge in [0.05, 0.1) is 12.2 Å². The van der Waals surface area contributed by atoms with Gasteiger partial charge in [0.25, 0.3) is 13.8 Å². The van der Waals surface area contributed by atoms with Crippen molar-refractivity contribution in [1.29, 1.82) is 0 Å². The van der Waals surface area contributed by atoms with Crippen LogP contribution in [0.25, 0.3) is 0 Å². The normalized spacial score (nSPS) is 27.2. The van der Waals surface area contributed by atoms with Crippen molar-refractivity contribution in [2.75, 3.05) is 24.7 Å². The maximum absolute atomic E-state index is 6.98. The van der Waals surface area contributed by atoms with Crippen molar-refractivity contribution in [2.24, 2.45) is 0 Å². The molecule has 4 nitrogen and oxygen atoms in total. The summed E-state index contributed by atoms with van der Waals surface area (Å²) in [5.74, 6) is 6.62. The van der Waals surface area contributed by atoms with E-state index in [0.29, 0.717) is 27.0 Å². The first kappa shape index (κ1) is 29.5. The number of thioether (sulfide) groups is 1. The molecule has 0 aliphatic carbocycles. The number of fused-ring (bicyclic) bond motifs is 4. The van der Waals surface area contributed by atoms with E-state index in [1.165, 1.54) is 77.0 Å². The first-order chi connectivity index (χ1) is 20.3. The van der Waals surface area contributed by atoms with Crippen molar-refractivity contribution in [3.63, 3.8) is 0 Å². The minimum atomic E-state index is 0.0798. The fourth-order valence-corrected chi connectivity index (χ4v) is 9.13. The molecule has 41 heavy (non-hydrogen) atoms. The molecule has 6 rings (SSSR count). The van der Waals surface area contributed by atoms with E-state index in [1.54, 1.807) is 0 Å². The molecule has 0 spiro atoms. The Labute approximate surface area is 253 Å². The zero-order valence-corrected chi connectivity index (χ0v) is 25.6. The molecule has 4 bridgehead atoms. The molecule has 4 aliphatic rings. The van der Waals surface area contributed by atoms with Crippen molar-refractivity contribution in [3.05, 3.63) is 60.7 Å². The van der Waals surface area contributed by atoms with Crippen LogP contribution in [-0.2, 0) is 9.31 Å². The lowest BCUT2D eigenvalue weighted by Crippen LogP contribution is -2.43. The molecule has 2 aromatic carbocycles. The second-order valence-electron chi connectivity index (χ2n) is 13.0. The van der Waals surface area contributed by atoms with Crippen molar-refractivity contribution in [3.8, 4) is 11.5 Å². The third-order valence-corrected chi connectivity index (χ3v) is 11.3. The molecule has 4 fully saturated rings. The molecule has 0 N–H and O–H groups in total. The average molecular weight is 574 g/mol. The predicted octanol–water partition coefficient (Wildman–Crippen LogP) is 8.85. The molecule has 2 atom stereocenters. The summed E-state index contributed by atoms with van der Waals surface area (Å²) < 4.78 is 26.5. The fraction of sp³-hybridized carbons (Fsp3) is 0.647. The molecule has 220 valence electrons. The molecular weight excluding hydrogens is 526 g/mol. The summed E-state index contributed by atoms with van der Waals surface area (Å²) in [6, 6.07) is 20.4. The van der Waals surface area contributed by atoms with Gasteiger partial charge in [-0.1, -0.05) is 113 Å². The standard InChI is InChI=1S/C34H48B2O4S/c1-3-19-31(20-4-1)37-23-33(39-35-27-11-7-12-28(35)14-8-13-27)25-41-26-34(24-38-32-21-5-2-6-22-32)40-36-29-15-9-16-30(36)18-10-17-29/h1-6,19-22,27-30,33-34H,7-18,23-26H2. The summed E-state index contributed by atoms with van der Waals surface area (Å²) in [4.78, 5) is 0. The van der Waals surface area contributed by atoms with Crippen molar-refractivity contribution in [2.45, 2.75) is 113 Å². The van der Waals surface area contributed by atoms with Gasteiger partial charge in [-0.05, 0) is 47.5 Å². The topological polar surface area (TPSA) is 36.9 Å². The first-order valence-corrected chi connectivity index (χ1v) is 17.7. The Morgan fingerprint density at radius 3 is 1.22 bits per heavy atom. The molecule has 0 amide bonds. The van der Waals surface area contributed by atoms with Crippen LogP contribution in [0.2, 0.25) is 23.3 Å². The monoisotopic (exact) mass is 574 g/mol. The maximum Gasteiger partial charge on any atom is 0.299 e. The summed E-state index contributed by atoms with van der Waals surface area (Å²) in [5, 5.41) is 0. The summed E-state index contributed by atoms with van der Waals surface area (Å²) >= 11 is 1.96. The number of ether oxygens (including phenoxy) is 2. The molecule has 4 saturated heterocycles. The van der Waals surface area contributed by atoms with E-state index in [2.05, 4.69) is 0 Å². The molecule has 2 unspecified atom stereocenters. The van der Waals surface area contributed by atoms with Crippen LogP contribution in [-0.4, -0.2) is 50.8 Å². The van der Waals surface area contributed by atoms with Crippen LogP contribution in [0.1, 0.15) is 77.0 Å². The second kappa shape index (κ2) is 15.3. The van der Waals surface area contributed by atoms with Crippen LogP contribution in [0.4, 0.5) is 0 Å². The van der Waals surface area contributed by atoms with Crippen LogP contribution in [0, 0.1) is 0 Å². The smallest absolute Gasteiger partial charge is 0.299 e. The van der Waals surface area contributed by atoms with Crippen LogP contribution >= 0.6 is 11.8 Å². The maximum atomic E-state index is 6.98. The van der Waals surface area contributed by atoms with Gasteiger partial charge in [0, 0.05) is 11.5 Å².